The minimum Gasteiger partial charge on any atom is -0.378 e. The average Bonchev–Trinajstić information content (AvgIpc) is 2.64. The van der Waals surface area contributed by atoms with Gasteiger partial charge < -0.3 is 15.0 Å². The Labute approximate surface area is 147 Å². The van der Waals surface area contributed by atoms with Crippen LogP contribution in [0.15, 0.2) is 53.4 Å². The Morgan fingerprint density at radius 2 is 1.83 bits per heavy atom. The Bertz CT molecular complexity index is 682. The van der Waals surface area contributed by atoms with E-state index >= 15 is 0 Å². The number of hydrogen-bond donors (Lipinski definition) is 1. The molecule has 0 saturated carbocycles. The van der Waals surface area contributed by atoms with Gasteiger partial charge in [0.05, 0.1) is 18.8 Å². The van der Waals surface area contributed by atoms with E-state index in [1.807, 2.05) is 48.5 Å². The maximum absolute atomic E-state index is 12.5. The van der Waals surface area contributed by atoms with Gasteiger partial charge in [-0.15, -0.1) is 11.8 Å². The number of hydrogen-bond acceptors (Lipinski definition) is 4. The third kappa shape index (κ3) is 4.10. The molecule has 0 aromatic heterocycles. The number of ether oxygens (including phenoxy) is 1. The lowest BCUT2D eigenvalue weighted by molar-refractivity contribution is 0.102. The lowest BCUT2D eigenvalue weighted by Crippen LogP contribution is -2.36. The third-order valence-corrected chi connectivity index (χ3v) is 4.89. The average molecular weight is 342 g/mol. The summed E-state index contributed by atoms with van der Waals surface area (Å²) >= 11 is 1.68. The normalized spacial score (nSPS) is 14.5. The third-order valence-electron chi connectivity index (χ3n) is 3.93. The van der Waals surface area contributed by atoms with Crippen LogP contribution in [0.5, 0.6) is 0 Å². The van der Waals surface area contributed by atoms with Gasteiger partial charge in [0.25, 0.3) is 5.91 Å². The number of thioether (sulfide) groups is 1. The monoisotopic (exact) mass is 342 g/mol. The highest BCUT2D eigenvalue weighted by atomic mass is 32.2. The molecule has 1 saturated heterocycles. The second kappa shape index (κ2) is 8.22. The highest BCUT2D eigenvalue weighted by Crippen LogP contribution is 2.24. The molecule has 2 aromatic carbocycles. The number of carbonyl (C=O) groups excluding carboxylic acids is 1. The van der Waals surface area contributed by atoms with Crippen LogP contribution in [0.4, 0.5) is 11.4 Å². The van der Waals surface area contributed by atoms with Crippen molar-refractivity contribution < 1.29 is 9.53 Å². The summed E-state index contributed by atoms with van der Waals surface area (Å²) in [5.74, 6) is 0.879. The smallest absolute Gasteiger partial charge is 0.256 e. The Hall–Kier alpha value is -1.98. The molecule has 5 heteroatoms. The van der Waals surface area contributed by atoms with Crippen molar-refractivity contribution in [3.8, 4) is 0 Å². The van der Waals surface area contributed by atoms with Crippen molar-refractivity contribution in [2.45, 2.75) is 11.8 Å². The summed E-state index contributed by atoms with van der Waals surface area (Å²) in [5, 5.41) is 2.99. The van der Waals surface area contributed by atoms with Crippen LogP contribution in [0, 0.1) is 0 Å². The van der Waals surface area contributed by atoms with Crippen molar-refractivity contribution in [1.82, 2.24) is 0 Å². The molecule has 1 amide bonds. The fraction of sp³-hybridized carbons (Fsp3) is 0.316. The molecule has 0 spiro atoms. The van der Waals surface area contributed by atoms with Crippen molar-refractivity contribution >= 4 is 29.0 Å². The van der Waals surface area contributed by atoms with Crippen molar-refractivity contribution in [2.24, 2.45) is 0 Å². The molecule has 24 heavy (non-hydrogen) atoms. The minimum atomic E-state index is -0.0642. The summed E-state index contributed by atoms with van der Waals surface area (Å²) in [6.45, 7) is 5.44. The lowest BCUT2D eigenvalue weighted by Gasteiger charge is -2.28. The molecule has 1 fully saturated rings. The molecule has 0 bridgehead atoms. The first kappa shape index (κ1) is 16.9. The van der Waals surface area contributed by atoms with E-state index < -0.39 is 0 Å². The SMILES string of the molecule is CCSc1ccccc1C(=O)Nc1ccc(N2CCOCC2)cc1. The number of anilines is 2. The molecule has 2 aromatic rings. The van der Waals surface area contributed by atoms with Gasteiger partial charge in [-0.2, -0.15) is 0 Å². The number of amides is 1. The van der Waals surface area contributed by atoms with Gasteiger partial charge in [0.2, 0.25) is 0 Å². The lowest BCUT2D eigenvalue weighted by atomic mass is 10.2. The zero-order valence-corrected chi connectivity index (χ0v) is 14.6. The van der Waals surface area contributed by atoms with E-state index in [1.54, 1.807) is 11.8 Å². The summed E-state index contributed by atoms with van der Waals surface area (Å²) in [5.41, 5.74) is 2.70. The molecular formula is C19H22N2O2S. The van der Waals surface area contributed by atoms with Gasteiger partial charge in [0, 0.05) is 29.4 Å². The number of nitrogens with one attached hydrogen (secondary N) is 1. The van der Waals surface area contributed by atoms with Gasteiger partial charge in [-0.3, -0.25) is 4.79 Å². The summed E-state index contributed by atoms with van der Waals surface area (Å²) in [6, 6.07) is 15.7. The molecular weight excluding hydrogens is 320 g/mol. The van der Waals surface area contributed by atoms with E-state index in [-0.39, 0.29) is 5.91 Å². The maximum Gasteiger partial charge on any atom is 0.256 e. The van der Waals surface area contributed by atoms with Crippen molar-refractivity contribution in [2.75, 3.05) is 42.3 Å². The predicted molar refractivity (Wildman–Crippen MR) is 100 cm³/mol. The molecule has 3 rings (SSSR count). The van der Waals surface area contributed by atoms with Gasteiger partial charge in [0.15, 0.2) is 0 Å². The first-order valence-electron chi connectivity index (χ1n) is 8.24. The van der Waals surface area contributed by atoms with Gasteiger partial charge in [-0.1, -0.05) is 19.1 Å². The van der Waals surface area contributed by atoms with E-state index in [4.69, 9.17) is 4.74 Å². The molecule has 1 N–H and O–H groups in total. The van der Waals surface area contributed by atoms with Crippen molar-refractivity contribution in [3.05, 3.63) is 54.1 Å². The highest BCUT2D eigenvalue weighted by molar-refractivity contribution is 7.99. The first-order chi connectivity index (χ1) is 11.8. The Balaban J connectivity index is 1.68. The second-order valence-electron chi connectivity index (χ2n) is 5.53. The fourth-order valence-electron chi connectivity index (χ4n) is 2.71. The molecule has 0 atom stereocenters. The number of nitrogens with zero attached hydrogens (tertiary/aromatic N) is 1. The molecule has 0 aliphatic carbocycles. The van der Waals surface area contributed by atoms with Crippen molar-refractivity contribution in [1.29, 1.82) is 0 Å². The number of morpholine rings is 1. The molecule has 1 heterocycles. The van der Waals surface area contributed by atoms with E-state index in [2.05, 4.69) is 17.1 Å². The van der Waals surface area contributed by atoms with E-state index in [9.17, 15) is 4.79 Å². The van der Waals surface area contributed by atoms with Crippen LogP contribution in [0.3, 0.4) is 0 Å². The number of rotatable bonds is 5. The van der Waals surface area contributed by atoms with Gasteiger partial charge in [0.1, 0.15) is 0 Å². The molecule has 0 unspecified atom stereocenters. The first-order valence-corrected chi connectivity index (χ1v) is 9.22. The van der Waals surface area contributed by atoms with Crippen LogP contribution in [0.2, 0.25) is 0 Å². The zero-order valence-electron chi connectivity index (χ0n) is 13.8. The maximum atomic E-state index is 12.5. The zero-order chi connectivity index (χ0) is 16.8. The minimum absolute atomic E-state index is 0.0642. The van der Waals surface area contributed by atoms with Crippen molar-refractivity contribution in [3.63, 3.8) is 0 Å². The Morgan fingerprint density at radius 1 is 1.12 bits per heavy atom. The van der Waals surface area contributed by atoms with Gasteiger partial charge in [-0.25, -0.2) is 0 Å². The molecule has 1 aliphatic rings. The van der Waals surface area contributed by atoms with Crippen LogP contribution < -0.4 is 10.2 Å². The molecule has 1 aliphatic heterocycles. The number of carbonyl (C=O) groups is 1. The van der Waals surface area contributed by atoms with Crippen LogP contribution >= 0.6 is 11.8 Å². The van der Waals surface area contributed by atoms with Gasteiger partial charge in [-0.05, 0) is 42.2 Å². The van der Waals surface area contributed by atoms with Crippen LogP contribution in [0.25, 0.3) is 0 Å². The van der Waals surface area contributed by atoms with E-state index in [1.165, 1.54) is 5.69 Å². The summed E-state index contributed by atoms with van der Waals surface area (Å²) in [4.78, 5) is 15.9. The van der Waals surface area contributed by atoms with Crippen LogP contribution in [-0.2, 0) is 4.74 Å². The Kier molecular flexibility index (Phi) is 5.77. The summed E-state index contributed by atoms with van der Waals surface area (Å²) < 4.78 is 5.38. The molecule has 4 nitrogen and oxygen atoms in total. The van der Waals surface area contributed by atoms with Gasteiger partial charge >= 0.3 is 0 Å². The van der Waals surface area contributed by atoms with Crippen LogP contribution in [-0.4, -0.2) is 38.0 Å². The molecule has 126 valence electrons. The summed E-state index contributed by atoms with van der Waals surface area (Å²) in [6.07, 6.45) is 0. The standard InChI is InChI=1S/C19H22N2O2S/c1-2-24-18-6-4-3-5-17(18)19(22)20-15-7-9-16(10-8-15)21-11-13-23-14-12-21/h3-10H,2,11-14H2,1H3,(H,20,22). The van der Waals surface area contributed by atoms with E-state index in [0.29, 0.717) is 0 Å². The summed E-state index contributed by atoms with van der Waals surface area (Å²) in [7, 11) is 0. The predicted octanol–water partition coefficient (Wildman–Crippen LogP) is 3.89. The van der Waals surface area contributed by atoms with E-state index in [0.717, 1.165) is 48.2 Å². The fourth-order valence-corrected chi connectivity index (χ4v) is 3.51. The molecule has 0 radical (unpaired) electrons. The number of benzene rings is 2. The Morgan fingerprint density at radius 3 is 2.54 bits per heavy atom. The van der Waals surface area contributed by atoms with Crippen LogP contribution in [0.1, 0.15) is 17.3 Å². The largest absolute Gasteiger partial charge is 0.378 e. The quantitative estimate of drug-likeness (QED) is 0.837. The highest BCUT2D eigenvalue weighted by Gasteiger charge is 2.13. The topological polar surface area (TPSA) is 41.6 Å². The second-order valence-corrected chi connectivity index (χ2v) is 6.84.